The summed E-state index contributed by atoms with van der Waals surface area (Å²) in [5.74, 6) is 2.13. The van der Waals surface area contributed by atoms with E-state index in [1.807, 2.05) is 47.4 Å². The first-order valence-electron chi connectivity index (χ1n) is 10.7. The van der Waals surface area contributed by atoms with Crippen LogP contribution in [0.2, 0.25) is 0 Å². The van der Waals surface area contributed by atoms with E-state index in [-0.39, 0.29) is 18.1 Å². The molecule has 0 saturated heterocycles. The fourth-order valence-electron chi connectivity index (χ4n) is 3.40. The van der Waals surface area contributed by atoms with Crippen LogP contribution >= 0.6 is 0 Å². The molecule has 2 aromatic heterocycles. The topological polar surface area (TPSA) is 128 Å². The van der Waals surface area contributed by atoms with Crippen LogP contribution in [0.15, 0.2) is 81.9 Å². The van der Waals surface area contributed by atoms with E-state index in [2.05, 4.69) is 10.1 Å². The number of nitro benzene ring substituents is 1. The molecule has 0 amide bonds. The Kier molecular flexibility index (Phi) is 7.63. The average Bonchev–Trinajstić information content (AvgIpc) is 3.54. The number of ether oxygens (including phenoxy) is 1. The Labute approximate surface area is 195 Å². The van der Waals surface area contributed by atoms with Crippen LogP contribution in [0, 0.1) is 10.1 Å². The number of nitrogens with zero attached hydrogens (tertiary/aromatic N) is 4. The first kappa shape index (κ1) is 23.1. The Balaban J connectivity index is 1.37. The number of aromatic nitrogens is 2. The molecule has 0 aliphatic heterocycles. The normalized spacial score (nSPS) is 12.1. The predicted molar refractivity (Wildman–Crippen MR) is 122 cm³/mol. The molecule has 10 nitrogen and oxygen atoms in total. The van der Waals surface area contributed by atoms with Crippen molar-refractivity contribution in [2.75, 3.05) is 19.7 Å². The molecule has 1 atom stereocenters. The van der Waals surface area contributed by atoms with E-state index in [0.717, 1.165) is 5.76 Å². The van der Waals surface area contributed by atoms with Gasteiger partial charge in [-0.05, 0) is 24.3 Å². The highest BCUT2D eigenvalue weighted by molar-refractivity contribution is 5.58. The zero-order chi connectivity index (χ0) is 23.8. The summed E-state index contributed by atoms with van der Waals surface area (Å²) in [5.41, 5.74) is 0.463. The molecule has 0 radical (unpaired) electrons. The Morgan fingerprint density at radius 3 is 2.74 bits per heavy atom. The first-order chi connectivity index (χ1) is 16.6. The van der Waals surface area contributed by atoms with Crippen LogP contribution in [0.5, 0.6) is 5.75 Å². The fourth-order valence-corrected chi connectivity index (χ4v) is 3.40. The van der Waals surface area contributed by atoms with Crippen LogP contribution in [-0.2, 0) is 13.0 Å². The second-order valence-electron chi connectivity index (χ2n) is 7.66. The quantitative estimate of drug-likeness (QED) is 0.246. The number of nitro groups is 1. The summed E-state index contributed by atoms with van der Waals surface area (Å²) in [6, 6.07) is 19.1. The molecule has 0 fully saturated rings. The third-order valence-electron chi connectivity index (χ3n) is 5.04. The van der Waals surface area contributed by atoms with Crippen LogP contribution in [0.25, 0.3) is 11.4 Å². The van der Waals surface area contributed by atoms with Gasteiger partial charge in [0.25, 0.3) is 5.69 Å². The third kappa shape index (κ3) is 6.50. The number of hydrogen-bond acceptors (Lipinski definition) is 9. The summed E-state index contributed by atoms with van der Waals surface area (Å²) in [6.07, 6.45) is 1.30. The summed E-state index contributed by atoms with van der Waals surface area (Å²) in [4.78, 5) is 16.9. The molecule has 0 unspecified atom stereocenters. The van der Waals surface area contributed by atoms with E-state index >= 15 is 0 Å². The highest BCUT2D eigenvalue weighted by atomic mass is 16.6. The molecule has 0 saturated carbocycles. The molecule has 0 spiro atoms. The second kappa shape index (κ2) is 11.2. The molecule has 1 N–H and O–H groups in total. The largest absolute Gasteiger partial charge is 0.491 e. The fraction of sp³-hybridized carbons (Fsp3) is 0.250. The van der Waals surface area contributed by atoms with Gasteiger partial charge in [-0.1, -0.05) is 35.5 Å². The van der Waals surface area contributed by atoms with Gasteiger partial charge in [-0.2, -0.15) is 4.98 Å². The average molecular weight is 464 g/mol. The zero-order valence-corrected chi connectivity index (χ0v) is 18.3. The molecule has 2 heterocycles. The maximum atomic E-state index is 11.0. The Hall–Kier alpha value is -4.02. The van der Waals surface area contributed by atoms with Gasteiger partial charge < -0.3 is 18.8 Å². The van der Waals surface area contributed by atoms with Crippen LogP contribution in [0.4, 0.5) is 5.69 Å². The Bertz CT molecular complexity index is 1180. The SMILES string of the molecule is O=[N+]([O-])c1cccc(-c2noc(CCN(Cc3ccco3)C[C@@H](O)COc3ccccc3)n2)c1. The van der Waals surface area contributed by atoms with Crippen LogP contribution in [0.3, 0.4) is 0 Å². The zero-order valence-electron chi connectivity index (χ0n) is 18.3. The summed E-state index contributed by atoms with van der Waals surface area (Å²) >= 11 is 0. The molecule has 0 aliphatic carbocycles. The Morgan fingerprint density at radius 2 is 1.97 bits per heavy atom. The highest BCUT2D eigenvalue weighted by Crippen LogP contribution is 2.21. The lowest BCUT2D eigenvalue weighted by atomic mass is 10.2. The lowest BCUT2D eigenvalue weighted by molar-refractivity contribution is -0.384. The molecule has 176 valence electrons. The number of para-hydroxylation sites is 1. The van der Waals surface area contributed by atoms with Gasteiger partial charge in [0.2, 0.25) is 11.7 Å². The van der Waals surface area contributed by atoms with E-state index in [0.29, 0.717) is 43.3 Å². The number of hydrogen-bond donors (Lipinski definition) is 1. The number of rotatable bonds is 12. The van der Waals surface area contributed by atoms with Crippen molar-refractivity contribution in [3.05, 3.63) is 94.8 Å². The minimum Gasteiger partial charge on any atom is -0.491 e. The molecule has 0 bridgehead atoms. The molecule has 34 heavy (non-hydrogen) atoms. The van der Waals surface area contributed by atoms with Crippen molar-refractivity contribution in [2.45, 2.75) is 19.1 Å². The molecular weight excluding hydrogens is 440 g/mol. The van der Waals surface area contributed by atoms with Crippen molar-refractivity contribution in [3.63, 3.8) is 0 Å². The summed E-state index contributed by atoms with van der Waals surface area (Å²) in [7, 11) is 0. The van der Waals surface area contributed by atoms with Gasteiger partial charge in [-0.15, -0.1) is 0 Å². The van der Waals surface area contributed by atoms with Gasteiger partial charge >= 0.3 is 0 Å². The predicted octanol–water partition coefficient (Wildman–Crippen LogP) is 3.72. The van der Waals surface area contributed by atoms with Gasteiger partial charge in [0.15, 0.2) is 0 Å². The molecule has 4 aromatic rings. The van der Waals surface area contributed by atoms with Crippen molar-refractivity contribution in [1.82, 2.24) is 15.0 Å². The molecular formula is C24H24N4O6. The maximum Gasteiger partial charge on any atom is 0.270 e. The number of aliphatic hydroxyl groups is 1. The standard InChI is InChI=1S/C24H24N4O6/c29-20(17-33-21-8-2-1-3-9-21)15-27(16-22-10-5-13-32-22)12-11-23-25-24(26-34-23)18-6-4-7-19(14-18)28(30)31/h1-10,13-14,20,29H,11-12,15-17H2/t20-/m1/s1. The van der Waals surface area contributed by atoms with E-state index in [9.17, 15) is 15.2 Å². The van der Waals surface area contributed by atoms with Gasteiger partial charge in [0.1, 0.15) is 24.2 Å². The first-order valence-corrected chi connectivity index (χ1v) is 10.7. The van der Waals surface area contributed by atoms with Gasteiger partial charge in [0.05, 0.1) is 17.7 Å². The summed E-state index contributed by atoms with van der Waals surface area (Å²) < 4.78 is 16.5. The molecule has 10 heteroatoms. The smallest absolute Gasteiger partial charge is 0.270 e. The van der Waals surface area contributed by atoms with Crippen molar-refractivity contribution in [3.8, 4) is 17.1 Å². The number of aliphatic hydroxyl groups excluding tert-OH is 1. The number of benzene rings is 2. The van der Waals surface area contributed by atoms with Gasteiger partial charge in [0, 0.05) is 37.2 Å². The second-order valence-corrected chi connectivity index (χ2v) is 7.66. The van der Waals surface area contributed by atoms with E-state index < -0.39 is 11.0 Å². The van der Waals surface area contributed by atoms with E-state index in [4.69, 9.17) is 13.7 Å². The highest BCUT2D eigenvalue weighted by Gasteiger charge is 2.17. The number of non-ortho nitro benzene ring substituents is 1. The van der Waals surface area contributed by atoms with Crippen LogP contribution < -0.4 is 4.74 Å². The summed E-state index contributed by atoms with van der Waals surface area (Å²) in [6.45, 7) is 1.50. The van der Waals surface area contributed by atoms with Crippen LogP contribution in [0.1, 0.15) is 11.7 Å². The molecule has 0 aliphatic rings. The lowest BCUT2D eigenvalue weighted by Gasteiger charge is -2.23. The minimum absolute atomic E-state index is 0.0415. The minimum atomic E-state index is -0.724. The Morgan fingerprint density at radius 1 is 1.12 bits per heavy atom. The monoisotopic (exact) mass is 464 g/mol. The van der Waals surface area contributed by atoms with Crippen molar-refractivity contribution in [2.24, 2.45) is 0 Å². The van der Waals surface area contributed by atoms with Gasteiger partial charge in [-0.3, -0.25) is 15.0 Å². The van der Waals surface area contributed by atoms with E-state index in [1.54, 1.807) is 18.4 Å². The maximum absolute atomic E-state index is 11.0. The van der Waals surface area contributed by atoms with Crippen molar-refractivity contribution >= 4 is 5.69 Å². The van der Waals surface area contributed by atoms with Crippen molar-refractivity contribution < 1.29 is 23.7 Å². The summed E-state index contributed by atoms with van der Waals surface area (Å²) in [5, 5.41) is 25.5. The third-order valence-corrected chi connectivity index (χ3v) is 5.04. The van der Waals surface area contributed by atoms with Crippen LogP contribution in [-0.4, -0.2) is 50.9 Å². The van der Waals surface area contributed by atoms with Gasteiger partial charge in [-0.25, -0.2) is 0 Å². The molecule has 2 aromatic carbocycles. The van der Waals surface area contributed by atoms with E-state index in [1.165, 1.54) is 12.1 Å². The molecule has 4 rings (SSSR count). The number of furan rings is 1. The van der Waals surface area contributed by atoms with Crippen molar-refractivity contribution in [1.29, 1.82) is 0 Å². The lowest BCUT2D eigenvalue weighted by Crippen LogP contribution is -2.36.